The molecule has 0 spiro atoms. The number of carbonyl (C=O) groups is 1. The number of aryl methyl sites for hydroxylation is 3. The van der Waals surface area contributed by atoms with Crippen LogP contribution in [-0.2, 0) is 4.79 Å². The molecule has 1 aromatic rings. The molecule has 0 fully saturated rings. The van der Waals surface area contributed by atoms with Crippen LogP contribution in [0.1, 0.15) is 17.0 Å². The predicted octanol–water partition coefficient (Wildman–Crippen LogP) is 2.18. The maximum Gasteiger partial charge on any atom is 0.239 e. The maximum atomic E-state index is 11.1. The van der Waals surface area contributed by atoms with Gasteiger partial charge in [-0.05, 0) is 32.4 Å². The lowest BCUT2D eigenvalue weighted by Gasteiger charge is -2.10. The van der Waals surface area contributed by atoms with Crippen LogP contribution >= 0.6 is 11.6 Å². The number of halogens is 1. The Hall–Kier alpha value is -1.09. The van der Waals surface area contributed by atoms with Gasteiger partial charge in [0.25, 0.3) is 0 Å². The van der Waals surface area contributed by atoms with Crippen LogP contribution in [0, 0.1) is 20.8 Å². The molecule has 0 atom stereocenters. The van der Waals surface area contributed by atoms with Gasteiger partial charge < -0.3 is 5.32 Å². The van der Waals surface area contributed by atoms with Gasteiger partial charge in [0.1, 0.15) is 5.88 Å². The molecule has 1 heterocycles. The van der Waals surface area contributed by atoms with Crippen LogP contribution in [0.15, 0.2) is 6.07 Å². The minimum absolute atomic E-state index is 0.0350. The number of nitrogens with one attached hydrogen (secondary N) is 1. The topological polar surface area (TPSA) is 42.0 Å². The molecule has 3 nitrogen and oxygen atoms in total. The van der Waals surface area contributed by atoms with E-state index in [0.717, 1.165) is 22.6 Å². The van der Waals surface area contributed by atoms with Gasteiger partial charge in [0.05, 0.1) is 11.4 Å². The number of hydrogen-bond acceptors (Lipinski definition) is 2. The third kappa shape index (κ3) is 2.45. The second-order valence-electron chi connectivity index (χ2n) is 3.22. The minimum atomic E-state index is -0.205. The van der Waals surface area contributed by atoms with E-state index in [2.05, 4.69) is 10.3 Å². The van der Waals surface area contributed by atoms with Crippen molar-refractivity contribution in [2.75, 3.05) is 11.2 Å². The molecule has 0 bridgehead atoms. The van der Waals surface area contributed by atoms with Gasteiger partial charge in [0.15, 0.2) is 0 Å². The van der Waals surface area contributed by atoms with E-state index in [1.54, 1.807) is 0 Å². The molecule has 0 unspecified atom stereocenters. The Morgan fingerprint density at radius 1 is 1.50 bits per heavy atom. The number of aromatic nitrogens is 1. The van der Waals surface area contributed by atoms with E-state index >= 15 is 0 Å². The predicted molar refractivity (Wildman–Crippen MR) is 57.8 cm³/mol. The molecule has 76 valence electrons. The Labute approximate surface area is 88.5 Å². The summed E-state index contributed by atoms with van der Waals surface area (Å²) in [4.78, 5) is 15.4. The third-order valence-corrected chi connectivity index (χ3v) is 2.15. The van der Waals surface area contributed by atoms with Gasteiger partial charge in [-0.15, -0.1) is 11.6 Å². The Morgan fingerprint density at radius 2 is 2.14 bits per heavy atom. The monoisotopic (exact) mass is 212 g/mol. The van der Waals surface area contributed by atoms with Gasteiger partial charge in [0, 0.05) is 5.69 Å². The van der Waals surface area contributed by atoms with E-state index in [1.165, 1.54) is 0 Å². The fourth-order valence-corrected chi connectivity index (χ4v) is 1.45. The smallest absolute Gasteiger partial charge is 0.239 e. The number of carbonyl (C=O) groups excluding carboxylic acids is 1. The van der Waals surface area contributed by atoms with Gasteiger partial charge in [-0.3, -0.25) is 9.78 Å². The van der Waals surface area contributed by atoms with Crippen molar-refractivity contribution in [3.8, 4) is 0 Å². The molecule has 0 aliphatic heterocycles. The Kier molecular flexibility index (Phi) is 3.47. The summed E-state index contributed by atoms with van der Waals surface area (Å²) in [6, 6.07) is 1.93. The highest BCUT2D eigenvalue weighted by Crippen LogP contribution is 2.18. The molecule has 1 amide bonds. The van der Waals surface area contributed by atoms with Crippen LogP contribution < -0.4 is 5.32 Å². The molecule has 1 rings (SSSR count). The molecule has 0 saturated heterocycles. The van der Waals surface area contributed by atoms with Gasteiger partial charge >= 0.3 is 0 Å². The number of hydrogen-bond donors (Lipinski definition) is 1. The van der Waals surface area contributed by atoms with E-state index in [0.29, 0.717) is 0 Å². The Balaban J connectivity index is 3.02. The summed E-state index contributed by atoms with van der Waals surface area (Å²) >= 11 is 5.41. The summed E-state index contributed by atoms with van der Waals surface area (Å²) in [5, 5.41) is 2.72. The first-order valence-corrected chi connectivity index (χ1v) is 4.88. The van der Waals surface area contributed by atoms with Crippen LogP contribution in [0.25, 0.3) is 0 Å². The lowest BCUT2D eigenvalue weighted by molar-refractivity contribution is -0.113. The summed E-state index contributed by atoms with van der Waals surface area (Å²) in [7, 11) is 0. The highest BCUT2D eigenvalue weighted by molar-refractivity contribution is 6.29. The van der Waals surface area contributed by atoms with Crippen LogP contribution in [0.5, 0.6) is 0 Å². The molecule has 4 heteroatoms. The van der Waals surface area contributed by atoms with Gasteiger partial charge in [-0.2, -0.15) is 0 Å². The molecule has 14 heavy (non-hydrogen) atoms. The van der Waals surface area contributed by atoms with E-state index in [9.17, 15) is 4.79 Å². The van der Waals surface area contributed by atoms with Crippen molar-refractivity contribution < 1.29 is 4.79 Å². The van der Waals surface area contributed by atoms with Crippen molar-refractivity contribution in [3.05, 3.63) is 23.0 Å². The number of anilines is 1. The van der Waals surface area contributed by atoms with Crippen LogP contribution in [-0.4, -0.2) is 16.8 Å². The molecule has 1 aromatic heterocycles. The summed E-state index contributed by atoms with van der Waals surface area (Å²) in [6.45, 7) is 5.72. The van der Waals surface area contributed by atoms with Crippen molar-refractivity contribution in [1.82, 2.24) is 4.98 Å². The first-order valence-electron chi connectivity index (χ1n) is 4.35. The normalized spacial score (nSPS) is 10.0. The van der Waals surface area contributed by atoms with Crippen molar-refractivity contribution in [2.24, 2.45) is 0 Å². The number of pyridine rings is 1. The molecule has 0 aliphatic carbocycles. The third-order valence-electron chi connectivity index (χ3n) is 1.91. The van der Waals surface area contributed by atoms with E-state index < -0.39 is 0 Å². The highest BCUT2D eigenvalue weighted by atomic mass is 35.5. The zero-order chi connectivity index (χ0) is 10.7. The number of rotatable bonds is 2. The van der Waals surface area contributed by atoms with Crippen molar-refractivity contribution in [2.45, 2.75) is 20.8 Å². The fourth-order valence-electron chi connectivity index (χ4n) is 1.39. The second kappa shape index (κ2) is 4.42. The van der Waals surface area contributed by atoms with Crippen molar-refractivity contribution in [1.29, 1.82) is 0 Å². The molecule has 0 aliphatic rings. The molecule has 0 aromatic carbocycles. The SMILES string of the molecule is Cc1cc(C)c(NC(=O)CCl)c(C)n1. The van der Waals surface area contributed by atoms with Gasteiger partial charge in [0.2, 0.25) is 5.91 Å². The van der Waals surface area contributed by atoms with E-state index in [-0.39, 0.29) is 11.8 Å². The quantitative estimate of drug-likeness (QED) is 0.764. The molecule has 0 saturated carbocycles. The Morgan fingerprint density at radius 3 is 2.64 bits per heavy atom. The van der Waals surface area contributed by atoms with Crippen LogP contribution in [0.4, 0.5) is 5.69 Å². The molecular formula is C10H13ClN2O. The average molecular weight is 213 g/mol. The van der Waals surface area contributed by atoms with E-state index in [4.69, 9.17) is 11.6 Å². The van der Waals surface area contributed by atoms with Crippen LogP contribution in [0.2, 0.25) is 0 Å². The Bertz CT molecular complexity index is 340. The second-order valence-corrected chi connectivity index (χ2v) is 3.49. The largest absolute Gasteiger partial charge is 0.323 e. The molecule has 0 radical (unpaired) electrons. The fraction of sp³-hybridized carbons (Fsp3) is 0.400. The first-order chi connectivity index (χ1) is 6.54. The standard InChI is InChI=1S/C10H13ClN2O/c1-6-4-7(2)12-8(3)10(6)13-9(14)5-11/h4H,5H2,1-3H3,(H,13,14). The van der Waals surface area contributed by atoms with Gasteiger partial charge in [-0.1, -0.05) is 0 Å². The number of nitrogens with zero attached hydrogens (tertiary/aromatic N) is 1. The summed E-state index contributed by atoms with van der Waals surface area (Å²) in [5.74, 6) is -0.240. The summed E-state index contributed by atoms with van der Waals surface area (Å²) in [5.41, 5.74) is 3.54. The number of alkyl halides is 1. The summed E-state index contributed by atoms with van der Waals surface area (Å²) in [6.07, 6.45) is 0. The zero-order valence-electron chi connectivity index (χ0n) is 8.52. The lowest BCUT2D eigenvalue weighted by Crippen LogP contribution is -2.15. The van der Waals surface area contributed by atoms with E-state index in [1.807, 2.05) is 26.8 Å². The minimum Gasteiger partial charge on any atom is -0.323 e. The first kappa shape index (κ1) is 11.0. The highest BCUT2D eigenvalue weighted by Gasteiger charge is 2.07. The lowest BCUT2D eigenvalue weighted by atomic mass is 10.1. The molecule has 1 N–H and O–H groups in total. The number of amides is 1. The average Bonchev–Trinajstić information content (AvgIpc) is 2.10. The van der Waals surface area contributed by atoms with Crippen molar-refractivity contribution >= 4 is 23.2 Å². The van der Waals surface area contributed by atoms with Crippen molar-refractivity contribution in [3.63, 3.8) is 0 Å². The zero-order valence-corrected chi connectivity index (χ0v) is 9.27. The van der Waals surface area contributed by atoms with Crippen LogP contribution in [0.3, 0.4) is 0 Å². The maximum absolute atomic E-state index is 11.1. The molecular weight excluding hydrogens is 200 g/mol. The summed E-state index contributed by atoms with van der Waals surface area (Å²) < 4.78 is 0. The van der Waals surface area contributed by atoms with Gasteiger partial charge in [-0.25, -0.2) is 0 Å².